The van der Waals surface area contributed by atoms with E-state index in [-0.39, 0.29) is 31.3 Å². The number of aryl methyl sites for hydroxylation is 1. The fourth-order valence-corrected chi connectivity index (χ4v) is 5.01. The molecule has 0 saturated heterocycles. The van der Waals surface area contributed by atoms with Gasteiger partial charge in [0.15, 0.2) is 11.5 Å². The standard InChI is InChI=1S/C29H34F3N3O5S/c1-20-9-11-22(41-20)18-34(14-13-21-10-12-25(39-3)26(17-21)40-4)27(36)19-35(15-16-38-2)28(37)33-24-8-6-5-7-23(24)29(30,31)32/h5-12,17H,13-16,18-19H2,1-4H3,(H,33,37). The van der Waals surface area contributed by atoms with Crippen molar-refractivity contribution in [2.24, 2.45) is 0 Å². The van der Waals surface area contributed by atoms with Crippen LogP contribution in [0.1, 0.15) is 20.9 Å². The van der Waals surface area contributed by atoms with Crippen LogP contribution in [0.4, 0.5) is 23.7 Å². The smallest absolute Gasteiger partial charge is 0.418 e. The first-order valence-electron chi connectivity index (χ1n) is 12.8. The predicted octanol–water partition coefficient (Wildman–Crippen LogP) is 5.84. The van der Waals surface area contributed by atoms with Gasteiger partial charge in [0.2, 0.25) is 5.91 Å². The first-order chi connectivity index (χ1) is 19.5. The lowest BCUT2D eigenvalue weighted by Crippen LogP contribution is -2.46. The maximum absolute atomic E-state index is 13.6. The summed E-state index contributed by atoms with van der Waals surface area (Å²) in [6.45, 7) is 2.38. The van der Waals surface area contributed by atoms with Crippen LogP contribution >= 0.6 is 11.3 Å². The van der Waals surface area contributed by atoms with Crippen LogP contribution < -0.4 is 14.8 Å². The number of carbonyl (C=O) groups excluding carboxylic acids is 2. The summed E-state index contributed by atoms with van der Waals surface area (Å²) in [5, 5.41) is 2.32. The molecule has 0 spiro atoms. The Kier molecular flexibility index (Phi) is 11.4. The molecule has 12 heteroatoms. The highest BCUT2D eigenvalue weighted by molar-refractivity contribution is 7.11. The number of benzene rings is 2. The fraction of sp³-hybridized carbons (Fsp3) is 0.379. The molecule has 0 aliphatic rings. The van der Waals surface area contributed by atoms with E-state index in [1.165, 1.54) is 25.3 Å². The predicted molar refractivity (Wildman–Crippen MR) is 152 cm³/mol. The van der Waals surface area contributed by atoms with Gasteiger partial charge in [-0.25, -0.2) is 4.79 Å². The lowest BCUT2D eigenvalue weighted by Gasteiger charge is -2.28. The number of ether oxygens (including phenoxy) is 3. The number of rotatable bonds is 13. The maximum atomic E-state index is 13.6. The molecule has 0 radical (unpaired) electrons. The highest BCUT2D eigenvalue weighted by atomic mass is 32.1. The molecule has 0 saturated carbocycles. The number of thiophene rings is 1. The molecule has 0 bridgehead atoms. The van der Waals surface area contributed by atoms with Crippen molar-refractivity contribution < 1.29 is 37.0 Å². The van der Waals surface area contributed by atoms with Gasteiger partial charge >= 0.3 is 12.2 Å². The lowest BCUT2D eigenvalue weighted by atomic mass is 10.1. The highest BCUT2D eigenvalue weighted by Crippen LogP contribution is 2.34. The van der Waals surface area contributed by atoms with E-state index in [1.54, 1.807) is 36.5 Å². The van der Waals surface area contributed by atoms with Gasteiger partial charge in [-0.2, -0.15) is 13.2 Å². The average molecular weight is 594 g/mol. The van der Waals surface area contributed by atoms with Crippen LogP contribution in [-0.4, -0.2) is 69.3 Å². The van der Waals surface area contributed by atoms with Gasteiger partial charge in [-0.1, -0.05) is 18.2 Å². The number of hydrogen-bond donors (Lipinski definition) is 1. The van der Waals surface area contributed by atoms with Gasteiger partial charge < -0.3 is 29.3 Å². The third-order valence-electron chi connectivity index (χ3n) is 6.27. The van der Waals surface area contributed by atoms with Gasteiger partial charge in [0.05, 0.1) is 38.6 Å². The number of para-hydroxylation sites is 1. The minimum absolute atomic E-state index is 0.00386. The molecule has 222 valence electrons. The molecular weight excluding hydrogens is 559 g/mol. The van der Waals surface area contributed by atoms with E-state index in [0.717, 1.165) is 26.3 Å². The van der Waals surface area contributed by atoms with Crippen molar-refractivity contribution in [1.29, 1.82) is 0 Å². The Labute approximate surface area is 241 Å². The highest BCUT2D eigenvalue weighted by Gasteiger charge is 2.34. The van der Waals surface area contributed by atoms with Gasteiger partial charge in [0.25, 0.3) is 0 Å². The summed E-state index contributed by atoms with van der Waals surface area (Å²) in [5.74, 6) is 0.801. The first kappa shape index (κ1) is 31.8. The van der Waals surface area contributed by atoms with Crippen molar-refractivity contribution in [3.05, 3.63) is 75.5 Å². The summed E-state index contributed by atoms with van der Waals surface area (Å²) in [6, 6.07) is 13.3. The van der Waals surface area contributed by atoms with Gasteiger partial charge in [0, 0.05) is 30.0 Å². The number of carbonyl (C=O) groups is 2. The minimum atomic E-state index is -4.66. The molecule has 1 N–H and O–H groups in total. The molecule has 0 aliphatic carbocycles. The summed E-state index contributed by atoms with van der Waals surface area (Å²) in [4.78, 5) is 31.6. The van der Waals surface area contributed by atoms with Gasteiger partial charge in [-0.05, 0) is 55.3 Å². The molecule has 1 heterocycles. The third kappa shape index (κ3) is 9.12. The van der Waals surface area contributed by atoms with Crippen molar-refractivity contribution >= 4 is 29.0 Å². The number of methoxy groups -OCH3 is 3. The summed E-state index contributed by atoms with van der Waals surface area (Å²) < 4.78 is 56.2. The van der Waals surface area contributed by atoms with Crippen molar-refractivity contribution in [3.63, 3.8) is 0 Å². The zero-order valence-corrected chi connectivity index (χ0v) is 24.2. The summed E-state index contributed by atoms with van der Waals surface area (Å²) in [6.07, 6.45) is -4.16. The summed E-state index contributed by atoms with van der Waals surface area (Å²) in [7, 11) is 4.53. The van der Waals surface area contributed by atoms with Crippen LogP contribution in [0.2, 0.25) is 0 Å². The number of halogens is 3. The van der Waals surface area contributed by atoms with Gasteiger partial charge in [0.1, 0.15) is 6.54 Å². The van der Waals surface area contributed by atoms with E-state index in [2.05, 4.69) is 5.32 Å². The molecule has 1 aromatic heterocycles. The third-order valence-corrected chi connectivity index (χ3v) is 7.25. The Bertz CT molecular complexity index is 1310. The molecular formula is C29H34F3N3O5S. The maximum Gasteiger partial charge on any atom is 0.418 e. The van der Waals surface area contributed by atoms with Crippen LogP contribution in [0.3, 0.4) is 0 Å². The molecule has 0 fully saturated rings. The fourth-order valence-electron chi connectivity index (χ4n) is 4.10. The minimum Gasteiger partial charge on any atom is -0.493 e. The van der Waals surface area contributed by atoms with Crippen molar-refractivity contribution in [1.82, 2.24) is 9.80 Å². The molecule has 0 unspecified atom stereocenters. The van der Waals surface area contributed by atoms with Crippen LogP contribution in [0.15, 0.2) is 54.6 Å². The second-order valence-electron chi connectivity index (χ2n) is 9.15. The van der Waals surface area contributed by atoms with Crippen LogP contribution in [0, 0.1) is 6.92 Å². The average Bonchev–Trinajstić information content (AvgIpc) is 3.36. The van der Waals surface area contributed by atoms with E-state index in [9.17, 15) is 22.8 Å². The zero-order valence-electron chi connectivity index (χ0n) is 23.4. The Morgan fingerprint density at radius 1 is 0.927 bits per heavy atom. The number of hydrogen-bond acceptors (Lipinski definition) is 6. The zero-order chi connectivity index (χ0) is 30.0. The molecule has 3 amide bonds. The Hall–Kier alpha value is -3.77. The molecule has 3 rings (SSSR count). The van der Waals surface area contributed by atoms with Crippen molar-refractivity contribution in [2.75, 3.05) is 52.9 Å². The van der Waals surface area contributed by atoms with Gasteiger partial charge in [-0.15, -0.1) is 11.3 Å². The number of alkyl halides is 3. The number of anilines is 1. The van der Waals surface area contributed by atoms with Crippen LogP contribution in [0.5, 0.6) is 11.5 Å². The number of nitrogens with zero attached hydrogens (tertiary/aromatic N) is 2. The van der Waals surface area contributed by atoms with Gasteiger partial charge in [-0.3, -0.25) is 4.79 Å². The lowest BCUT2D eigenvalue weighted by molar-refractivity contribution is -0.137. The van der Waals surface area contributed by atoms with E-state index in [4.69, 9.17) is 14.2 Å². The van der Waals surface area contributed by atoms with E-state index in [1.807, 2.05) is 31.2 Å². The van der Waals surface area contributed by atoms with Crippen molar-refractivity contribution in [3.8, 4) is 11.5 Å². The molecule has 3 aromatic rings. The van der Waals surface area contributed by atoms with Crippen molar-refractivity contribution in [2.45, 2.75) is 26.1 Å². The van der Waals surface area contributed by atoms with Crippen LogP contribution in [-0.2, 0) is 28.7 Å². The summed E-state index contributed by atoms with van der Waals surface area (Å²) in [5.41, 5.74) is -0.448. The molecule has 8 nitrogen and oxygen atoms in total. The Morgan fingerprint density at radius 2 is 1.66 bits per heavy atom. The quantitative estimate of drug-likeness (QED) is 0.269. The van der Waals surface area contributed by atoms with E-state index < -0.39 is 17.8 Å². The number of urea groups is 1. The number of nitrogens with one attached hydrogen (secondary N) is 1. The first-order valence-corrected chi connectivity index (χ1v) is 13.6. The number of amides is 3. The Balaban J connectivity index is 1.80. The topological polar surface area (TPSA) is 80.3 Å². The monoisotopic (exact) mass is 593 g/mol. The van der Waals surface area contributed by atoms with Crippen LogP contribution in [0.25, 0.3) is 0 Å². The SMILES string of the molecule is COCCN(CC(=O)N(CCc1ccc(OC)c(OC)c1)Cc1ccc(C)s1)C(=O)Nc1ccccc1C(F)(F)F. The summed E-state index contributed by atoms with van der Waals surface area (Å²) >= 11 is 1.56. The second-order valence-corrected chi connectivity index (χ2v) is 10.5. The molecule has 41 heavy (non-hydrogen) atoms. The van der Waals surface area contributed by atoms with E-state index >= 15 is 0 Å². The van der Waals surface area contributed by atoms with E-state index in [0.29, 0.717) is 31.0 Å². The normalized spacial score (nSPS) is 11.2. The second kappa shape index (κ2) is 14.7. The largest absolute Gasteiger partial charge is 0.493 e. The Morgan fingerprint density at radius 3 is 2.29 bits per heavy atom. The molecule has 2 aromatic carbocycles. The molecule has 0 aliphatic heterocycles. The molecule has 0 atom stereocenters.